The minimum Gasteiger partial charge on any atom is -0.315 e. The van der Waals surface area contributed by atoms with Crippen molar-refractivity contribution in [1.82, 2.24) is 9.55 Å². The quantitative estimate of drug-likeness (QED) is 0.226. The van der Waals surface area contributed by atoms with Gasteiger partial charge in [0.15, 0.2) is 0 Å². The van der Waals surface area contributed by atoms with Crippen LogP contribution in [0, 0.1) is 0 Å². The Balaban J connectivity index is 1.44. The van der Waals surface area contributed by atoms with Gasteiger partial charge < -0.3 is 9.47 Å². The fourth-order valence-corrected chi connectivity index (χ4v) is 7.17. The summed E-state index contributed by atoms with van der Waals surface area (Å²) in [6.07, 6.45) is 6.83. The molecule has 2 atom stereocenters. The molecule has 5 aromatic carbocycles. The Bertz CT molecular complexity index is 2270. The summed E-state index contributed by atoms with van der Waals surface area (Å²) < 4.78 is 2.51. The Morgan fingerprint density at radius 3 is 2.21 bits per heavy atom. The van der Waals surface area contributed by atoms with Crippen molar-refractivity contribution in [2.45, 2.75) is 12.0 Å². The normalized spacial score (nSPS) is 16.5. The molecule has 7 aromatic rings. The predicted octanol–water partition coefficient (Wildman–Crippen LogP) is 8.24. The minimum atomic E-state index is 0.112. The topological polar surface area (TPSA) is 21.1 Å². The van der Waals surface area contributed by atoms with Crippen LogP contribution in [0.25, 0.3) is 45.2 Å². The molecule has 0 saturated carbocycles. The second-order valence-electron chi connectivity index (χ2n) is 11.2. The first-order valence-electron chi connectivity index (χ1n) is 14.6. The van der Waals surface area contributed by atoms with E-state index in [4.69, 9.17) is 4.98 Å². The summed E-state index contributed by atoms with van der Waals surface area (Å²) in [5.74, 6) is 0.219. The van der Waals surface area contributed by atoms with E-state index in [1.807, 2.05) is 6.20 Å². The molecular formula is C39H27N3. The van der Waals surface area contributed by atoms with Gasteiger partial charge in [-0.05, 0) is 51.7 Å². The molecule has 2 unspecified atom stereocenters. The zero-order valence-corrected chi connectivity index (χ0v) is 22.9. The van der Waals surface area contributed by atoms with Crippen LogP contribution in [-0.4, -0.2) is 9.55 Å². The molecule has 1 aliphatic heterocycles. The second kappa shape index (κ2) is 9.05. The summed E-state index contributed by atoms with van der Waals surface area (Å²) in [6.45, 7) is 0. The Morgan fingerprint density at radius 1 is 0.595 bits per heavy atom. The first-order chi connectivity index (χ1) is 20.9. The van der Waals surface area contributed by atoms with Crippen LogP contribution >= 0.6 is 0 Å². The van der Waals surface area contributed by atoms with E-state index in [9.17, 15) is 0 Å². The standard InChI is InChI=1S/C39H27N3/c1-2-16-29(17-3-1)41(35-22-10-15-26-12-6-7-18-30(26)35)38-33-21-11-23-40-39(33)42-36-25-28-14-5-4-13-27(28)24-34(36)31-19-8-9-20-32(31)37(38)42/h1-25,34,36H. The van der Waals surface area contributed by atoms with Crippen LogP contribution in [-0.2, 0) is 0 Å². The monoisotopic (exact) mass is 537 g/mol. The molecule has 42 heavy (non-hydrogen) atoms. The van der Waals surface area contributed by atoms with Gasteiger partial charge in [0, 0.05) is 34.1 Å². The highest BCUT2D eigenvalue weighted by molar-refractivity contribution is 6.10. The molecule has 1 aliphatic carbocycles. The fourth-order valence-electron chi connectivity index (χ4n) is 7.17. The lowest BCUT2D eigenvalue weighted by Crippen LogP contribution is -2.34. The molecule has 198 valence electrons. The van der Waals surface area contributed by atoms with Gasteiger partial charge in [-0.3, -0.25) is 0 Å². The van der Waals surface area contributed by atoms with Gasteiger partial charge in [-0.25, -0.2) is 4.98 Å². The lowest BCUT2D eigenvalue weighted by atomic mass is 9.80. The van der Waals surface area contributed by atoms with Crippen LogP contribution in [0.15, 0.2) is 140 Å². The highest BCUT2D eigenvalue weighted by Crippen LogP contribution is 2.55. The molecule has 9 rings (SSSR count). The molecule has 0 fully saturated rings. The Labute approximate surface area is 243 Å². The number of pyridine rings is 1. The lowest BCUT2D eigenvalue weighted by Gasteiger charge is -2.36. The summed E-state index contributed by atoms with van der Waals surface area (Å²) >= 11 is 0. The van der Waals surface area contributed by atoms with Gasteiger partial charge in [-0.1, -0.05) is 115 Å². The molecule has 0 N–H and O–H groups in total. The average molecular weight is 538 g/mol. The zero-order valence-electron chi connectivity index (χ0n) is 22.9. The van der Waals surface area contributed by atoms with E-state index in [-0.39, 0.29) is 12.0 Å². The van der Waals surface area contributed by atoms with E-state index in [0.717, 1.165) is 22.4 Å². The highest BCUT2D eigenvalue weighted by Gasteiger charge is 2.38. The van der Waals surface area contributed by atoms with Gasteiger partial charge in [-0.2, -0.15) is 0 Å². The molecule has 3 heterocycles. The molecule has 2 aromatic heterocycles. The number of nitrogens with zero attached hydrogens (tertiary/aromatic N) is 3. The number of hydrogen-bond donors (Lipinski definition) is 0. The van der Waals surface area contributed by atoms with E-state index in [1.165, 1.54) is 43.7 Å². The van der Waals surface area contributed by atoms with Crippen LogP contribution in [0.5, 0.6) is 0 Å². The first kappa shape index (κ1) is 23.3. The Morgan fingerprint density at radius 2 is 1.31 bits per heavy atom. The fraction of sp³-hybridized carbons (Fsp3) is 0.0513. The summed E-state index contributed by atoms with van der Waals surface area (Å²) in [5, 5.41) is 6.15. The zero-order chi connectivity index (χ0) is 27.6. The summed E-state index contributed by atoms with van der Waals surface area (Å²) in [7, 11) is 0. The predicted molar refractivity (Wildman–Crippen MR) is 174 cm³/mol. The van der Waals surface area contributed by atoms with E-state index in [0.29, 0.717) is 0 Å². The maximum Gasteiger partial charge on any atom is 0.143 e. The number of rotatable bonds is 3. The van der Waals surface area contributed by atoms with Gasteiger partial charge in [0.25, 0.3) is 0 Å². The molecule has 0 bridgehead atoms. The number of hydrogen-bond acceptors (Lipinski definition) is 2. The molecule has 3 nitrogen and oxygen atoms in total. The van der Waals surface area contributed by atoms with Crippen LogP contribution in [0.2, 0.25) is 0 Å². The number of anilines is 3. The SMILES string of the molecule is C1=c2ccccc2=CC2C1c1ccccc1-c1c(N(c3ccccc3)c3cccc4ccccc34)c3cccnc3n12. The van der Waals surface area contributed by atoms with Crippen molar-refractivity contribution in [3.63, 3.8) is 0 Å². The molecule has 0 radical (unpaired) electrons. The third-order valence-corrected chi connectivity index (χ3v) is 8.93. The van der Waals surface area contributed by atoms with Gasteiger partial charge >= 0.3 is 0 Å². The van der Waals surface area contributed by atoms with Crippen molar-refractivity contribution >= 4 is 51.0 Å². The average Bonchev–Trinajstić information content (AvgIpc) is 3.40. The largest absolute Gasteiger partial charge is 0.315 e. The number of para-hydroxylation sites is 1. The van der Waals surface area contributed by atoms with E-state index in [1.54, 1.807) is 0 Å². The van der Waals surface area contributed by atoms with Crippen molar-refractivity contribution < 1.29 is 0 Å². The summed E-state index contributed by atoms with van der Waals surface area (Å²) in [6, 6.07) is 48.2. The minimum absolute atomic E-state index is 0.112. The van der Waals surface area contributed by atoms with Crippen molar-refractivity contribution in [2.24, 2.45) is 0 Å². The smallest absolute Gasteiger partial charge is 0.143 e. The first-order valence-corrected chi connectivity index (χ1v) is 14.6. The maximum atomic E-state index is 5.07. The number of aromatic nitrogens is 2. The van der Waals surface area contributed by atoms with E-state index < -0.39 is 0 Å². The van der Waals surface area contributed by atoms with Crippen molar-refractivity contribution in [1.29, 1.82) is 0 Å². The van der Waals surface area contributed by atoms with E-state index in [2.05, 4.69) is 155 Å². The molecular weight excluding hydrogens is 510 g/mol. The number of fused-ring (bicyclic) bond motifs is 10. The maximum absolute atomic E-state index is 5.07. The van der Waals surface area contributed by atoms with Crippen LogP contribution < -0.4 is 15.3 Å². The highest BCUT2D eigenvalue weighted by atomic mass is 15.2. The second-order valence-corrected chi connectivity index (χ2v) is 11.2. The van der Waals surface area contributed by atoms with Gasteiger partial charge in [0.05, 0.1) is 23.1 Å². The summed E-state index contributed by atoms with van der Waals surface area (Å²) in [4.78, 5) is 7.52. The van der Waals surface area contributed by atoms with E-state index >= 15 is 0 Å². The van der Waals surface area contributed by atoms with Gasteiger partial charge in [-0.15, -0.1) is 0 Å². The molecule has 0 spiro atoms. The lowest BCUT2D eigenvalue weighted by molar-refractivity contribution is 0.592. The van der Waals surface area contributed by atoms with Crippen molar-refractivity contribution in [3.8, 4) is 11.3 Å². The Hall–Kier alpha value is -5.41. The van der Waals surface area contributed by atoms with Crippen LogP contribution in [0.1, 0.15) is 17.5 Å². The van der Waals surface area contributed by atoms with Gasteiger partial charge in [0.1, 0.15) is 5.65 Å². The third kappa shape index (κ3) is 3.31. The summed E-state index contributed by atoms with van der Waals surface area (Å²) in [5.41, 5.74) is 8.28. The molecule has 0 saturated heterocycles. The van der Waals surface area contributed by atoms with Crippen LogP contribution in [0.3, 0.4) is 0 Å². The van der Waals surface area contributed by atoms with Crippen LogP contribution in [0.4, 0.5) is 17.1 Å². The number of benzene rings is 5. The van der Waals surface area contributed by atoms with Crippen molar-refractivity contribution in [3.05, 3.63) is 156 Å². The Kier molecular flexibility index (Phi) is 5.02. The third-order valence-electron chi connectivity index (χ3n) is 8.93. The molecule has 2 aliphatic rings. The van der Waals surface area contributed by atoms with Crippen molar-refractivity contribution in [2.75, 3.05) is 4.90 Å². The molecule has 0 amide bonds. The molecule has 3 heteroatoms. The van der Waals surface area contributed by atoms with Gasteiger partial charge in [0.2, 0.25) is 0 Å².